The van der Waals surface area contributed by atoms with Crippen molar-refractivity contribution in [3.63, 3.8) is 0 Å². The van der Waals surface area contributed by atoms with E-state index in [0.29, 0.717) is 0 Å². The molecule has 0 aromatic rings. The second-order valence-corrected chi connectivity index (χ2v) is 1.90. The van der Waals surface area contributed by atoms with Crippen LogP contribution >= 0.6 is 0 Å². The first kappa shape index (κ1) is 6.01. The highest BCUT2D eigenvalue weighted by Gasteiger charge is 2.41. The molecule has 0 saturated carbocycles. The molecule has 1 fully saturated rings. The summed E-state index contributed by atoms with van der Waals surface area (Å²) in [7, 11) is 0. The van der Waals surface area contributed by atoms with Crippen LogP contribution in [0.5, 0.6) is 0 Å². The van der Waals surface area contributed by atoms with Crippen molar-refractivity contribution >= 4 is 0 Å². The molecule has 0 bridgehead atoms. The summed E-state index contributed by atoms with van der Waals surface area (Å²) >= 11 is 0. The van der Waals surface area contributed by atoms with E-state index < -0.39 is 6.10 Å². The second kappa shape index (κ2) is 2.01. The van der Waals surface area contributed by atoms with Crippen LogP contribution in [0.2, 0.25) is 0 Å². The third-order valence-electron chi connectivity index (χ3n) is 1.19. The van der Waals surface area contributed by atoms with E-state index in [1.165, 1.54) is 0 Å². The van der Waals surface area contributed by atoms with Gasteiger partial charge in [-0.05, 0) is 6.92 Å². The van der Waals surface area contributed by atoms with E-state index in [4.69, 9.17) is 14.9 Å². The fourth-order valence-electron chi connectivity index (χ4n) is 0.611. The Kier molecular flexibility index (Phi) is 1.51. The van der Waals surface area contributed by atoms with Gasteiger partial charge in [-0.15, -0.1) is 0 Å². The van der Waals surface area contributed by atoms with Crippen LogP contribution < -0.4 is 0 Å². The van der Waals surface area contributed by atoms with E-state index >= 15 is 0 Å². The van der Waals surface area contributed by atoms with Crippen LogP contribution in [0.4, 0.5) is 0 Å². The number of hydrogen-bond donors (Lipinski definition) is 2. The SMILES string of the molecule is C[C]1OC1C(O)CO. The van der Waals surface area contributed by atoms with E-state index in [2.05, 4.69) is 0 Å². The first-order valence-electron chi connectivity index (χ1n) is 2.54. The zero-order valence-corrected chi connectivity index (χ0v) is 4.66. The van der Waals surface area contributed by atoms with Crippen LogP contribution in [0.25, 0.3) is 0 Å². The fourth-order valence-corrected chi connectivity index (χ4v) is 0.611. The topological polar surface area (TPSA) is 53.0 Å². The highest BCUT2D eigenvalue weighted by atomic mass is 16.6. The Balaban J connectivity index is 2.18. The number of hydrogen-bond acceptors (Lipinski definition) is 3. The minimum absolute atomic E-state index is 0.194. The lowest BCUT2D eigenvalue weighted by Gasteiger charge is -1.98. The molecule has 0 aromatic carbocycles. The Morgan fingerprint density at radius 1 is 1.88 bits per heavy atom. The summed E-state index contributed by atoms with van der Waals surface area (Å²) in [4.78, 5) is 0. The quantitative estimate of drug-likeness (QED) is 0.470. The molecule has 1 aliphatic heterocycles. The number of rotatable bonds is 2. The molecule has 0 spiro atoms. The maximum absolute atomic E-state index is 8.77. The van der Waals surface area contributed by atoms with E-state index in [9.17, 15) is 0 Å². The minimum atomic E-state index is -0.713. The zero-order chi connectivity index (χ0) is 6.15. The van der Waals surface area contributed by atoms with Gasteiger partial charge >= 0.3 is 0 Å². The average molecular weight is 117 g/mol. The van der Waals surface area contributed by atoms with Gasteiger partial charge in [-0.3, -0.25) is 0 Å². The Bertz CT molecular complexity index is 81.7. The van der Waals surface area contributed by atoms with Gasteiger partial charge in [0.15, 0.2) is 0 Å². The Morgan fingerprint density at radius 2 is 2.38 bits per heavy atom. The molecule has 1 heterocycles. The van der Waals surface area contributed by atoms with Crippen molar-refractivity contribution in [1.29, 1.82) is 0 Å². The lowest BCUT2D eigenvalue weighted by Crippen LogP contribution is -2.18. The molecule has 2 N–H and O–H groups in total. The maximum atomic E-state index is 8.77. The first-order chi connectivity index (χ1) is 3.75. The predicted octanol–water partition coefficient (Wildman–Crippen LogP) is -0.710. The molecule has 3 heteroatoms. The van der Waals surface area contributed by atoms with Gasteiger partial charge < -0.3 is 14.9 Å². The van der Waals surface area contributed by atoms with Crippen molar-refractivity contribution in [3.8, 4) is 0 Å². The normalized spacial score (nSPS) is 32.6. The number of ether oxygens (including phenoxy) is 1. The molecule has 2 unspecified atom stereocenters. The Hall–Kier alpha value is -0.120. The summed E-state index contributed by atoms with van der Waals surface area (Å²) in [5.74, 6) is 0. The molecule has 0 aliphatic carbocycles. The van der Waals surface area contributed by atoms with E-state index in [1.54, 1.807) is 6.92 Å². The third-order valence-corrected chi connectivity index (χ3v) is 1.19. The highest BCUT2D eigenvalue weighted by molar-refractivity contribution is 5.02. The van der Waals surface area contributed by atoms with Gasteiger partial charge in [-0.2, -0.15) is 0 Å². The molecule has 3 nitrogen and oxygen atoms in total. The molecular formula is C5H9O3. The molecule has 1 radical (unpaired) electrons. The van der Waals surface area contributed by atoms with Gasteiger partial charge in [-0.1, -0.05) is 0 Å². The highest BCUT2D eigenvalue weighted by Crippen LogP contribution is 2.31. The molecule has 0 amide bonds. The van der Waals surface area contributed by atoms with Crippen LogP contribution in [-0.4, -0.2) is 29.0 Å². The molecule has 0 aromatic heterocycles. The summed E-state index contributed by atoms with van der Waals surface area (Å²) in [6, 6.07) is 0. The van der Waals surface area contributed by atoms with E-state index in [0.717, 1.165) is 6.10 Å². The van der Waals surface area contributed by atoms with Crippen molar-refractivity contribution in [2.75, 3.05) is 6.61 Å². The van der Waals surface area contributed by atoms with E-state index in [1.807, 2.05) is 0 Å². The average Bonchev–Trinajstić information content (AvgIpc) is 2.45. The summed E-state index contributed by atoms with van der Waals surface area (Å²) in [6.45, 7) is 1.56. The predicted molar refractivity (Wildman–Crippen MR) is 26.9 cm³/mol. The lowest BCUT2D eigenvalue weighted by molar-refractivity contribution is 0.0706. The summed E-state index contributed by atoms with van der Waals surface area (Å²) < 4.78 is 4.78. The van der Waals surface area contributed by atoms with E-state index in [-0.39, 0.29) is 12.7 Å². The number of aliphatic hydroxyl groups excluding tert-OH is 2. The summed E-state index contributed by atoms with van der Waals surface area (Å²) in [5, 5.41) is 17.1. The molecule has 1 rings (SSSR count). The number of aliphatic hydroxyl groups is 2. The Morgan fingerprint density at radius 3 is 2.50 bits per heavy atom. The number of epoxide rings is 1. The van der Waals surface area contributed by atoms with Gasteiger partial charge in [0.05, 0.1) is 6.61 Å². The summed E-state index contributed by atoms with van der Waals surface area (Å²) in [5.41, 5.74) is 0. The molecule has 1 aliphatic rings. The van der Waals surface area contributed by atoms with Crippen molar-refractivity contribution in [1.82, 2.24) is 0 Å². The monoisotopic (exact) mass is 117 g/mol. The molecule has 2 atom stereocenters. The minimum Gasteiger partial charge on any atom is -0.394 e. The van der Waals surface area contributed by atoms with Crippen LogP contribution in [-0.2, 0) is 4.74 Å². The van der Waals surface area contributed by atoms with Crippen LogP contribution in [0, 0.1) is 6.10 Å². The summed E-state index contributed by atoms with van der Waals surface area (Å²) in [6.07, 6.45) is -0.0958. The van der Waals surface area contributed by atoms with Crippen molar-refractivity contribution in [2.24, 2.45) is 0 Å². The second-order valence-electron chi connectivity index (χ2n) is 1.90. The smallest absolute Gasteiger partial charge is 0.126 e. The zero-order valence-electron chi connectivity index (χ0n) is 4.66. The van der Waals surface area contributed by atoms with Gasteiger partial charge in [0.25, 0.3) is 0 Å². The Labute approximate surface area is 47.9 Å². The molecular weight excluding hydrogens is 108 g/mol. The standard InChI is InChI=1S/C5H9O3/c1-3-5(8-3)4(7)2-6/h4-7H,2H2,1H3. The lowest BCUT2D eigenvalue weighted by atomic mass is 10.2. The van der Waals surface area contributed by atoms with Gasteiger partial charge in [-0.25, -0.2) is 0 Å². The molecule has 8 heavy (non-hydrogen) atoms. The van der Waals surface area contributed by atoms with Crippen molar-refractivity contribution < 1.29 is 14.9 Å². The van der Waals surface area contributed by atoms with Gasteiger partial charge in [0.1, 0.15) is 18.3 Å². The van der Waals surface area contributed by atoms with Gasteiger partial charge in [0.2, 0.25) is 0 Å². The largest absolute Gasteiger partial charge is 0.394 e. The van der Waals surface area contributed by atoms with Crippen LogP contribution in [0.15, 0.2) is 0 Å². The van der Waals surface area contributed by atoms with Gasteiger partial charge in [0, 0.05) is 0 Å². The molecule has 47 valence electrons. The van der Waals surface area contributed by atoms with Crippen LogP contribution in [0.3, 0.4) is 0 Å². The first-order valence-corrected chi connectivity index (χ1v) is 2.54. The van der Waals surface area contributed by atoms with Crippen molar-refractivity contribution in [3.05, 3.63) is 6.10 Å². The maximum Gasteiger partial charge on any atom is 0.126 e. The van der Waals surface area contributed by atoms with Crippen molar-refractivity contribution in [2.45, 2.75) is 19.1 Å². The van der Waals surface area contributed by atoms with Crippen LogP contribution in [0.1, 0.15) is 6.92 Å². The fraction of sp³-hybridized carbons (Fsp3) is 0.800. The third kappa shape index (κ3) is 0.992. The molecule has 1 saturated heterocycles.